The second-order valence-electron chi connectivity index (χ2n) is 2.97. The van der Waals surface area contributed by atoms with Gasteiger partial charge in [-0.3, -0.25) is 4.90 Å². The van der Waals surface area contributed by atoms with Crippen molar-refractivity contribution in [1.82, 2.24) is 4.90 Å². The van der Waals surface area contributed by atoms with Crippen LogP contribution in [0.25, 0.3) is 0 Å². The molecule has 1 heterocycles. The smallest absolute Gasteiger partial charge is 0.0956 e. The lowest BCUT2D eigenvalue weighted by Crippen LogP contribution is -2.34. The van der Waals surface area contributed by atoms with Crippen LogP contribution in [0.2, 0.25) is 0 Å². The van der Waals surface area contributed by atoms with E-state index < -0.39 is 0 Å². The molecule has 1 saturated heterocycles. The minimum absolute atomic E-state index is 0.240. The Morgan fingerprint density at radius 1 is 1.67 bits per heavy atom. The first-order chi connectivity index (χ1) is 4.33. The Bertz CT molecular complexity index is 85.0. The fourth-order valence-electron chi connectivity index (χ4n) is 1.42. The van der Waals surface area contributed by atoms with Crippen molar-refractivity contribution in [2.45, 2.75) is 19.8 Å². The van der Waals surface area contributed by atoms with Crippen LogP contribution in [0.1, 0.15) is 19.8 Å². The van der Waals surface area contributed by atoms with Gasteiger partial charge >= 0.3 is 0 Å². The van der Waals surface area contributed by atoms with Crippen molar-refractivity contribution in [2.24, 2.45) is 5.92 Å². The minimum Gasteiger partial charge on any atom is -0.381 e. The van der Waals surface area contributed by atoms with Crippen molar-refractivity contribution >= 4 is 0 Å². The Morgan fingerprint density at radius 3 is 2.89 bits per heavy atom. The highest BCUT2D eigenvalue weighted by Gasteiger charge is 2.14. The van der Waals surface area contributed by atoms with Crippen LogP contribution < -0.4 is 0 Å². The Morgan fingerprint density at radius 2 is 2.44 bits per heavy atom. The number of rotatable bonds is 1. The van der Waals surface area contributed by atoms with Gasteiger partial charge in [-0.1, -0.05) is 6.92 Å². The van der Waals surface area contributed by atoms with Crippen LogP contribution in [-0.4, -0.2) is 29.8 Å². The van der Waals surface area contributed by atoms with Gasteiger partial charge in [0.05, 0.1) is 6.73 Å². The van der Waals surface area contributed by atoms with E-state index in [1.165, 1.54) is 12.8 Å². The molecular weight excluding hydrogens is 114 g/mol. The van der Waals surface area contributed by atoms with E-state index in [9.17, 15) is 0 Å². The van der Waals surface area contributed by atoms with Crippen LogP contribution in [0, 0.1) is 5.92 Å². The number of piperidine rings is 1. The third kappa shape index (κ3) is 1.95. The Hall–Kier alpha value is -0.0800. The molecule has 0 spiro atoms. The maximum Gasteiger partial charge on any atom is 0.0956 e. The third-order valence-electron chi connectivity index (χ3n) is 1.94. The van der Waals surface area contributed by atoms with Gasteiger partial charge in [-0.25, -0.2) is 0 Å². The zero-order valence-corrected chi connectivity index (χ0v) is 6.01. The van der Waals surface area contributed by atoms with Gasteiger partial charge in [0.2, 0.25) is 0 Å². The van der Waals surface area contributed by atoms with E-state index in [1.54, 1.807) is 0 Å². The van der Waals surface area contributed by atoms with Crippen molar-refractivity contribution in [3.05, 3.63) is 0 Å². The molecule has 0 aromatic rings. The van der Waals surface area contributed by atoms with E-state index in [4.69, 9.17) is 5.11 Å². The van der Waals surface area contributed by atoms with Crippen molar-refractivity contribution < 1.29 is 5.11 Å². The zero-order valence-electron chi connectivity index (χ0n) is 6.01. The molecule has 0 aliphatic carbocycles. The lowest BCUT2D eigenvalue weighted by molar-refractivity contribution is 0.0705. The molecule has 1 unspecified atom stereocenters. The average Bonchev–Trinajstić information content (AvgIpc) is 1.88. The summed E-state index contributed by atoms with van der Waals surface area (Å²) in [6, 6.07) is 0. The van der Waals surface area contributed by atoms with Gasteiger partial charge in [0.25, 0.3) is 0 Å². The predicted molar refractivity (Wildman–Crippen MR) is 37.1 cm³/mol. The number of likely N-dealkylation sites (tertiary alicyclic amines) is 1. The summed E-state index contributed by atoms with van der Waals surface area (Å²) in [6.45, 7) is 4.64. The summed E-state index contributed by atoms with van der Waals surface area (Å²) in [4.78, 5) is 2.09. The molecule has 0 aromatic carbocycles. The fourth-order valence-corrected chi connectivity index (χ4v) is 1.42. The zero-order chi connectivity index (χ0) is 6.69. The van der Waals surface area contributed by atoms with Crippen LogP contribution in [-0.2, 0) is 0 Å². The summed E-state index contributed by atoms with van der Waals surface area (Å²) in [7, 11) is 0. The van der Waals surface area contributed by atoms with Crippen molar-refractivity contribution in [3.8, 4) is 0 Å². The van der Waals surface area contributed by atoms with Gasteiger partial charge in [0.15, 0.2) is 0 Å². The SMILES string of the molecule is CC1CCCN(CO)C1. The molecule has 1 aliphatic heterocycles. The fraction of sp³-hybridized carbons (Fsp3) is 1.00. The number of hydrogen-bond donors (Lipinski definition) is 1. The number of nitrogens with zero attached hydrogens (tertiary/aromatic N) is 1. The first-order valence-corrected chi connectivity index (χ1v) is 3.66. The second-order valence-corrected chi connectivity index (χ2v) is 2.97. The molecule has 2 heteroatoms. The third-order valence-corrected chi connectivity index (χ3v) is 1.94. The molecule has 1 rings (SSSR count). The summed E-state index contributed by atoms with van der Waals surface area (Å²) >= 11 is 0. The molecule has 9 heavy (non-hydrogen) atoms. The van der Waals surface area contributed by atoms with Crippen LogP contribution in [0.5, 0.6) is 0 Å². The molecule has 54 valence electrons. The number of hydrogen-bond acceptors (Lipinski definition) is 2. The highest BCUT2D eigenvalue weighted by atomic mass is 16.3. The molecule has 1 atom stereocenters. The first kappa shape index (κ1) is 7.03. The highest BCUT2D eigenvalue weighted by Crippen LogP contribution is 2.13. The lowest BCUT2D eigenvalue weighted by atomic mass is 10.0. The summed E-state index contributed by atoms with van der Waals surface area (Å²) < 4.78 is 0. The van der Waals surface area contributed by atoms with Gasteiger partial charge in [-0.2, -0.15) is 0 Å². The predicted octanol–water partition coefficient (Wildman–Crippen LogP) is 0.668. The monoisotopic (exact) mass is 129 g/mol. The molecule has 0 amide bonds. The molecule has 1 aliphatic rings. The van der Waals surface area contributed by atoms with Crippen LogP contribution in [0.15, 0.2) is 0 Å². The average molecular weight is 129 g/mol. The van der Waals surface area contributed by atoms with Gasteiger partial charge in [0, 0.05) is 13.1 Å². The van der Waals surface area contributed by atoms with E-state index in [0.717, 1.165) is 19.0 Å². The maximum atomic E-state index is 8.73. The molecule has 2 nitrogen and oxygen atoms in total. The Labute approximate surface area is 56.5 Å². The second kappa shape index (κ2) is 3.18. The molecule has 0 saturated carbocycles. The number of aliphatic hydroxyl groups excluding tert-OH is 1. The molecule has 0 bridgehead atoms. The molecular formula is C7H15NO. The standard InChI is InChI=1S/C7H15NO/c1-7-3-2-4-8(5-7)6-9/h7,9H,2-6H2,1H3. The molecule has 0 radical (unpaired) electrons. The Balaban J connectivity index is 2.23. The van der Waals surface area contributed by atoms with E-state index in [1.807, 2.05) is 0 Å². The maximum absolute atomic E-state index is 8.73. The summed E-state index contributed by atoms with van der Waals surface area (Å²) in [6.07, 6.45) is 2.58. The molecule has 1 fully saturated rings. The highest BCUT2D eigenvalue weighted by molar-refractivity contribution is 4.66. The molecule has 1 N–H and O–H groups in total. The van der Waals surface area contributed by atoms with E-state index in [0.29, 0.717) is 0 Å². The summed E-state index contributed by atoms with van der Waals surface area (Å²) in [5.41, 5.74) is 0. The van der Waals surface area contributed by atoms with Gasteiger partial charge < -0.3 is 5.11 Å². The van der Waals surface area contributed by atoms with Crippen LogP contribution >= 0.6 is 0 Å². The lowest BCUT2D eigenvalue weighted by Gasteiger charge is -2.28. The first-order valence-electron chi connectivity index (χ1n) is 3.66. The van der Waals surface area contributed by atoms with E-state index in [-0.39, 0.29) is 6.73 Å². The van der Waals surface area contributed by atoms with Crippen molar-refractivity contribution in [2.75, 3.05) is 19.8 Å². The summed E-state index contributed by atoms with van der Waals surface area (Å²) in [5.74, 6) is 0.783. The largest absolute Gasteiger partial charge is 0.381 e. The van der Waals surface area contributed by atoms with Crippen LogP contribution in [0.3, 0.4) is 0 Å². The van der Waals surface area contributed by atoms with E-state index in [2.05, 4.69) is 11.8 Å². The van der Waals surface area contributed by atoms with Gasteiger partial charge in [0.1, 0.15) is 0 Å². The summed E-state index contributed by atoms with van der Waals surface area (Å²) in [5, 5.41) is 8.73. The number of aliphatic hydroxyl groups is 1. The Kier molecular flexibility index (Phi) is 2.49. The van der Waals surface area contributed by atoms with Crippen molar-refractivity contribution in [3.63, 3.8) is 0 Å². The van der Waals surface area contributed by atoms with Crippen molar-refractivity contribution in [1.29, 1.82) is 0 Å². The van der Waals surface area contributed by atoms with Crippen LogP contribution in [0.4, 0.5) is 0 Å². The molecule has 0 aromatic heterocycles. The van der Waals surface area contributed by atoms with E-state index >= 15 is 0 Å². The minimum atomic E-state index is 0.240. The normalized spacial score (nSPS) is 30.7. The van der Waals surface area contributed by atoms with Gasteiger partial charge in [-0.15, -0.1) is 0 Å². The van der Waals surface area contributed by atoms with Gasteiger partial charge in [-0.05, 0) is 18.8 Å². The quantitative estimate of drug-likeness (QED) is 0.562. The topological polar surface area (TPSA) is 23.5 Å².